The average molecular weight is 358 g/mol. The van der Waals surface area contributed by atoms with Gasteiger partial charge in [0.15, 0.2) is 5.78 Å². The molecule has 0 saturated heterocycles. The number of rotatable bonds is 11. The number of carbonyl (C=O) groups excluding carboxylic acids is 4. The molecule has 0 radical (unpaired) electrons. The molecule has 7 nitrogen and oxygen atoms in total. The molecule has 0 aromatic heterocycles. The van der Waals surface area contributed by atoms with Gasteiger partial charge in [-0.1, -0.05) is 20.8 Å². The Morgan fingerprint density at radius 1 is 1.00 bits per heavy atom. The monoisotopic (exact) mass is 358 g/mol. The summed E-state index contributed by atoms with van der Waals surface area (Å²) in [5.74, 6) is -3.19. The van der Waals surface area contributed by atoms with Crippen molar-refractivity contribution >= 4 is 23.7 Å². The highest BCUT2D eigenvalue weighted by atomic mass is 16.5. The van der Waals surface area contributed by atoms with Gasteiger partial charge in [0.25, 0.3) is 0 Å². The van der Waals surface area contributed by atoms with E-state index >= 15 is 0 Å². The van der Waals surface area contributed by atoms with E-state index in [4.69, 9.17) is 9.47 Å². The second kappa shape index (κ2) is 10.8. The molecule has 0 aromatic carbocycles. The molecule has 2 atom stereocenters. The molecular weight excluding hydrogens is 328 g/mol. The number of hydrogen-bond donors (Lipinski definition) is 0. The van der Waals surface area contributed by atoms with Crippen LogP contribution in [0.4, 0.5) is 0 Å². The lowest BCUT2D eigenvalue weighted by molar-refractivity contribution is -0.165. The van der Waals surface area contributed by atoms with E-state index < -0.39 is 35.2 Å². The molecule has 0 amide bonds. The van der Waals surface area contributed by atoms with Crippen molar-refractivity contribution in [2.75, 3.05) is 20.8 Å². The molecule has 0 N–H and O–H groups in total. The third-order valence-electron chi connectivity index (χ3n) is 4.27. The Morgan fingerprint density at radius 2 is 1.60 bits per heavy atom. The van der Waals surface area contributed by atoms with Crippen LogP contribution in [0.1, 0.15) is 53.4 Å². The Balaban J connectivity index is 5.95. The summed E-state index contributed by atoms with van der Waals surface area (Å²) in [5.41, 5.74) is -1.58. The summed E-state index contributed by atoms with van der Waals surface area (Å²) < 4.78 is 14.6. The zero-order valence-electron chi connectivity index (χ0n) is 16.0. The molecule has 0 spiro atoms. The predicted molar refractivity (Wildman–Crippen MR) is 90.6 cm³/mol. The van der Waals surface area contributed by atoms with Gasteiger partial charge in [0.05, 0.1) is 26.7 Å². The van der Waals surface area contributed by atoms with Crippen LogP contribution in [0.5, 0.6) is 0 Å². The number of Topliss-reactive ketones (excluding diaryl/α,β-unsaturated/α-hetero) is 1. The highest BCUT2D eigenvalue weighted by Crippen LogP contribution is 2.38. The van der Waals surface area contributed by atoms with Crippen molar-refractivity contribution in [1.82, 2.24) is 0 Å². The molecule has 0 aromatic rings. The normalized spacial score (nSPS) is 14.4. The summed E-state index contributed by atoms with van der Waals surface area (Å²) >= 11 is 0. The van der Waals surface area contributed by atoms with Gasteiger partial charge in [0, 0.05) is 12.3 Å². The van der Waals surface area contributed by atoms with Gasteiger partial charge in [-0.3, -0.25) is 19.2 Å². The molecule has 0 aliphatic carbocycles. The van der Waals surface area contributed by atoms with Crippen LogP contribution in [0.2, 0.25) is 0 Å². The molecule has 2 unspecified atom stereocenters. The van der Waals surface area contributed by atoms with Gasteiger partial charge < -0.3 is 14.2 Å². The molecular formula is C18H30O7. The van der Waals surface area contributed by atoms with Crippen LogP contribution in [0.25, 0.3) is 0 Å². The average Bonchev–Trinajstić information content (AvgIpc) is 2.60. The minimum absolute atomic E-state index is 0.0526. The highest BCUT2D eigenvalue weighted by Gasteiger charge is 2.50. The summed E-state index contributed by atoms with van der Waals surface area (Å²) in [4.78, 5) is 49.3. The van der Waals surface area contributed by atoms with Crippen molar-refractivity contribution in [3.63, 3.8) is 0 Å². The first-order chi connectivity index (χ1) is 11.7. The lowest BCUT2D eigenvalue weighted by Gasteiger charge is -2.33. The third-order valence-corrected chi connectivity index (χ3v) is 4.27. The molecule has 0 rings (SSSR count). The zero-order chi connectivity index (χ0) is 19.6. The fourth-order valence-corrected chi connectivity index (χ4v) is 2.83. The predicted octanol–water partition coefficient (Wildman–Crippen LogP) is 2.30. The first kappa shape index (κ1) is 23.1. The van der Waals surface area contributed by atoms with Crippen molar-refractivity contribution in [1.29, 1.82) is 0 Å². The summed E-state index contributed by atoms with van der Waals surface area (Å²) in [5, 5.41) is 0. The van der Waals surface area contributed by atoms with Crippen LogP contribution in [-0.4, -0.2) is 44.5 Å². The molecule has 7 heteroatoms. The number of ketones is 1. The van der Waals surface area contributed by atoms with Gasteiger partial charge in [-0.2, -0.15) is 0 Å². The lowest BCUT2D eigenvalue weighted by atomic mass is 9.69. The second-order valence-electron chi connectivity index (χ2n) is 6.23. The standard InChI is InChI=1S/C18H30O7/c1-7-13(16(21)24-6)11-18(15(20)12(3)4,17(22)25-8-2)10-9-14(19)23-5/h12-13H,7-11H2,1-6H3. The Labute approximate surface area is 149 Å². The second-order valence-corrected chi connectivity index (χ2v) is 6.23. The maximum absolute atomic E-state index is 12.9. The molecule has 144 valence electrons. The van der Waals surface area contributed by atoms with Crippen LogP contribution >= 0.6 is 0 Å². The van der Waals surface area contributed by atoms with Crippen LogP contribution < -0.4 is 0 Å². The Hall–Kier alpha value is -1.92. The number of hydrogen-bond acceptors (Lipinski definition) is 7. The topological polar surface area (TPSA) is 96.0 Å². The molecule has 0 heterocycles. The quantitative estimate of drug-likeness (QED) is 0.318. The van der Waals surface area contributed by atoms with E-state index in [0.29, 0.717) is 6.42 Å². The Morgan fingerprint density at radius 3 is 2.00 bits per heavy atom. The van der Waals surface area contributed by atoms with Gasteiger partial charge in [-0.15, -0.1) is 0 Å². The van der Waals surface area contributed by atoms with Gasteiger partial charge in [-0.25, -0.2) is 0 Å². The van der Waals surface area contributed by atoms with Crippen molar-refractivity contribution in [3.8, 4) is 0 Å². The van der Waals surface area contributed by atoms with Crippen LogP contribution in [0, 0.1) is 17.3 Å². The first-order valence-electron chi connectivity index (χ1n) is 8.56. The largest absolute Gasteiger partial charge is 0.469 e. The number of esters is 3. The number of methoxy groups -OCH3 is 2. The van der Waals surface area contributed by atoms with Crippen molar-refractivity contribution in [3.05, 3.63) is 0 Å². The highest BCUT2D eigenvalue weighted by molar-refractivity contribution is 6.05. The minimum Gasteiger partial charge on any atom is -0.469 e. The zero-order valence-corrected chi connectivity index (χ0v) is 16.0. The summed E-state index contributed by atoms with van der Waals surface area (Å²) in [6.07, 6.45) is 0.162. The van der Waals surface area contributed by atoms with E-state index in [2.05, 4.69) is 4.74 Å². The van der Waals surface area contributed by atoms with Crippen molar-refractivity contribution in [2.24, 2.45) is 17.3 Å². The SMILES string of the molecule is CCOC(=O)C(CCC(=O)OC)(CC(CC)C(=O)OC)C(=O)C(C)C. The van der Waals surface area contributed by atoms with Crippen LogP contribution in [0.3, 0.4) is 0 Å². The summed E-state index contributed by atoms with van der Waals surface area (Å²) in [6.45, 7) is 6.86. The molecule has 0 aliphatic heterocycles. The minimum atomic E-state index is -1.58. The van der Waals surface area contributed by atoms with E-state index in [-0.39, 0.29) is 31.7 Å². The Kier molecular flexibility index (Phi) is 10.0. The van der Waals surface area contributed by atoms with E-state index in [0.717, 1.165) is 0 Å². The van der Waals surface area contributed by atoms with Crippen LogP contribution in [0.15, 0.2) is 0 Å². The third kappa shape index (κ3) is 6.14. The fraction of sp³-hybridized carbons (Fsp3) is 0.778. The van der Waals surface area contributed by atoms with Crippen LogP contribution in [-0.2, 0) is 33.4 Å². The molecule has 0 fully saturated rings. The van der Waals surface area contributed by atoms with E-state index in [9.17, 15) is 19.2 Å². The van der Waals surface area contributed by atoms with E-state index in [1.54, 1.807) is 27.7 Å². The molecule has 0 bridgehead atoms. The summed E-state index contributed by atoms with van der Waals surface area (Å²) in [6, 6.07) is 0. The fourth-order valence-electron chi connectivity index (χ4n) is 2.83. The lowest BCUT2D eigenvalue weighted by Crippen LogP contribution is -2.46. The van der Waals surface area contributed by atoms with Gasteiger partial charge >= 0.3 is 17.9 Å². The number of carbonyl (C=O) groups is 4. The molecule has 0 saturated carbocycles. The van der Waals surface area contributed by atoms with Gasteiger partial charge in [0.1, 0.15) is 5.41 Å². The number of ether oxygens (including phenoxy) is 3. The molecule has 25 heavy (non-hydrogen) atoms. The van der Waals surface area contributed by atoms with Gasteiger partial charge in [-0.05, 0) is 26.2 Å². The van der Waals surface area contributed by atoms with E-state index in [1.807, 2.05) is 0 Å². The summed E-state index contributed by atoms with van der Waals surface area (Å²) in [7, 11) is 2.50. The van der Waals surface area contributed by atoms with Crippen molar-refractivity contribution < 1.29 is 33.4 Å². The maximum Gasteiger partial charge on any atom is 0.319 e. The van der Waals surface area contributed by atoms with Crippen molar-refractivity contribution in [2.45, 2.75) is 53.4 Å². The smallest absolute Gasteiger partial charge is 0.319 e. The maximum atomic E-state index is 12.9. The molecule has 0 aliphatic rings. The first-order valence-corrected chi connectivity index (χ1v) is 8.56. The van der Waals surface area contributed by atoms with Gasteiger partial charge in [0.2, 0.25) is 0 Å². The Bertz CT molecular complexity index is 484. The van der Waals surface area contributed by atoms with E-state index in [1.165, 1.54) is 14.2 Å².